The monoisotopic (exact) mass is 265 g/mol. The molecule has 19 heavy (non-hydrogen) atoms. The topological polar surface area (TPSA) is 37.4 Å². The van der Waals surface area contributed by atoms with Crippen LogP contribution in [0, 0.1) is 5.92 Å². The highest BCUT2D eigenvalue weighted by Gasteiger charge is 2.05. The van der Waals surface area contributed by atoms with Crippen molar-refractivity contribution < 1.29 is 4.74 Å². The maximum Gasteiger partial charge on any atom is 0.128 e. The summed E-state index contributed by atoms with van der Waals surface area (Å²) in [4.78, 5) is 6.75. The lowest BCUT2D eigenvalue weighted by atomic mass is 10.2. The van der Waals surface area contributed by atoms with Crippen molar-refractivity contribution in [2.24, 2.45) is 5.92 Å². The molecule has 0 aliphatic carbocycles. The van der Waals surface area contributed by atoms with Crippen LogP contribution in [0.25, 0.3) is 0 Å². The second kappa shape index (κ2) is 8.88. The molecule has 1 N–H and O–H groups in total. The van der Waals surface area contributed by atoms with Gasteiger partial charge in [-0.3, -0.25) is 0 Å². The normalized spacial score (nSPS) is 11.0. The molecule has 108 valence electrons. The summed E-state index contributed by atoms with van der Waals surface area (Å²) in [5, 5.41) is 3.42. The highest BCUT2D eigenvalue weighted by Crippen LogP contribution is 2.11. The maximum atomic E-state index is 5.12. The number of nitrogens with zero attached hydrogens (tertiary/aromatic N) is 2. The first kappa shape index (κ1) is 15.9. The second-order valence-electron chi connectivity index (χ2n) is 5.12. The van der Waals surface area contributed by atoms with Crippen LogP contribution in [0.1, 0.15) is 26.3 Å². The molecule has 0 bridgehead atoms. The average Bonchev–Trinajstić information content (AvgIpc) is 2.41. The van der Waals surface area contributed by atoms with Gasteiger partial charge >= 0.3 is 0 Å². The van der Waals surface area contributed by atoms with Crippen LogP contribution >= 0.6 is 0 Å². The first-order chi connectivity index (χ1) is 9.17. The fourth-order valence-electron chi connectivity index (χ4n) is 1.85. The molecule has 0 unspecified atom stereocenters. The van der Waals surface area contributed by atoms with Gasteiger partial charge in [-0.15, -0.1) is 0 Å². The molecule has 1 aromatic heterocycles. The summed E-state index contributed by atoms with van der Waals surface area (Å²) in [6.45, 7) is 11.0. The number of hydrogen-bond acceptors (Lipinski definition) is 4. The van der Waals surface area contributed by atoms with Crippen LogP contribution in [0.4, 0.5) is 5.82 Å². The Labute approximate surface area is 117 Å². The third kappa shape index (κ3) is 6.03. The molecule has 0 aliphatic heterocycles. The van der Waals surface area contributed by atoms with E-state index in [4.69, 9.17) is 4.74 Å². The van der Waals surface area contributed by atoms with E-state index in [2.05, 4.69) is 48.1 Å². The predicted molar refractivity (Wildman–Crippen MR) is 80.5 cm³/mol. The van der Waals surface area contributed by atoms with Gasteiger partial charge in [0.05, 0.1) is 6.61 Å². The third-order valence-corrected chi connectivity index (χ3v) is 2.96. The van der Waals surface area contributed by atoms with Gasteiger partial charge < -0.3 is 15.0 Å². The van der Waals surface area contributed by atoms with E-state index in [0.29, 0.717) is 5.92 Å². The van der Waals surface area contributed by atoms with Gasteiger partial charge in [0.1, 0.15) is 5.82 Å². The largest absolute Gasteiger partial charge is 0.383 e. The zero-order valence-electron chi connectivity index (χ0n) is 12.6. The van der Waals surface area contributed by atoms with E-state index in [-0.39, 0.29) is 0 Å². The molecule has 0 aromatic carbocycles. The van der Waals surface area contributed by atoms with Crippen molar-refractivity contribution >= 4 is 5.82 Å². The molecule has 0 atom stereocenters. The zero-order chi connectivity index (χ0) is 14.1. The number of methoxy groups -OCH3 is 1. The van der Waals surface area contributed by atoms with Gasteiger partial charge in [-0.25, -0.2) is 4.98 Å². The highest BCUT2D eigenvalue weighted by molar-refractivity contribution is 5.39. The van der Waals surface area contributed by atoms with Crippen LogP contribution < -0.4 is 10.2 Å². The van der Waals surface area contributed by atoms with E-state index in [1.165, 1.54) is 5.56 Å². The molecule has 1 heterocycles. The van der Waals surface area contributed by atoms with Crippen LogP contribution in [0.2, 0.25) is 0 Å². The number of ether oxygens (including phenoxy) is 1. The summed E-state index contributed by atoms with van der Waals surface area (Å²) in [5.41, 5.74) is 1.23. The van der Waals surface area contributed by atoms with Crippen LogP contribution in [-0.4, -0.2) is 38.3 Å². The van der Waals surface area contributed by atoms with E-state index in [1.54, 1.807) is 7.11 Å². The molecule has 1 aromatic rings. The molecule has 4 nitrogen and oxygen atoms in total. The van der Waals surface area contributed by atoms with Crippen molar-refractivity contribution in [1.82, 2.24) is 10.3 Å². The van der Waals surface area contributed by atoms with Crippen molar-refractivity contribution in [1.29, 1.82) is 0 Å². The first-order valence-electron chi connectivity index (χ1n) is 7.06. The van der Waals surface area contributed by atoms with Crippen molar-refractivity contribution in [3.63, 3.8) is 0 Å². The Morgan fingerprint density at radius 1 is 1.37 bits per heavy atom. The zero-order valence-corrected chi connectivity index (χ0v) is 12.6. The van der Waals surface area contributed by atoms with E-state index in [1.807, 2.05) is 6.20 Å². The van der Waals surface area contributed by atoms with E-state index in [9.17, 15) is 0 Å². The number of pyridine rings is 1. The van der Waals surface area contributed by atoms with Gasteiger partial charge in [-0.05, 0) is 31.0 Å². The summed E-state index contributed by atoms with van der Waals surface area (Å²) in [6, 6.07) is 4.23. The Balaban J connectivity index is 2.49. The molecule has 0 radical (unpaired) electrons. The molecule has 0 amide bonds. The second-order valence-corrected chi connectivity index (χ2v) is 5.12. The Hall–Kier alpha value is -1.13. The minimum absolute atomic E-state index is 0.678. The molecular weight excluding hydrogens is 238 g/mol. The van der Waals surface area contributed by atoms with Gasteiger partial charge in [0.15, 0.2) is 0 Å². The minimum Gasteiger partial charge on any atom is -0.383 e. The van der Waals surface area contributed by atoms with E-state index >= 15 is 0 Å². The number of nitrogens with one attached hydrogen (secondary N) is 1. The lowest BCUT2D eigenvalue weighted by Gasteiger charge is -2.21. The quantitative estimate of drug-likeness (QED) is 0.743. The van der Waals surface area contributed by atoms with Crippen LogP contribution in [0.15, 0.2) is 18.3 Å². The summed E-state index contributed by atoms with van der Waals surface area (Å²) in [5.74, 6) is 1.70. The highest BCUT2D eigenvalue weighted by atomic mass is 16.5. The number of anilines is 1. The van der Waals surface area contributed by atoms with Crippen LogP contribution in [-0.2, 0) is 11.3 Å². The summed E-state index contributed by atoms with van der Waals surface area (Å²) in [6.07, 6.45) is 1.96. The molecule has 0 saturated heterocycles. The van der Waals surface area contributed by atoms with E-state index in [0.717, 1.165) is 38.6 Å². The fourth-order valence-corrected chi connectivity index (χ4v) is 1.85. The van der Waals surface area contributed by atoms with Gasteiger partial charge in [0, 0.05) is 32.9 Å². The summed E-state index contributed by atoms with van der Waals surface area (Å²) >= 11 is 0. The number of hydrogen-bond donors (Lipinski definition) is 1. The molecular formula is C15H27N3O. The Morgan fingerprint density at radius 3 is 2.68 bits per heavy atom. The number of rotatable bonds is 9. The summed E-state index contributed by atoms with van der Waals surface area (Å²) < 4.78 is 5.12. The average molecular weight is 265 g/mol. The molecule has 0 aliphatic rings. The fraction of sp³-hybridized carbons (Fsp3) is 0.667. The van der Waals surface area contributed by atoms with Gasteiger partial charge in [-0.2, -0.15) is 0 Å². The van der Waals surface area contributed by atoms with Gasteiger partial charge in [-0.1, -0.05) is 19.9 Å². The van der Waals surface area contributed by atoms with Crippen LogP contribution in [0.3, 0.4) is 0 Å². The van der Waals surface area contributed by atoms with Crippen molar-refractivity contribution in [2.75, 3.05) is 38.3 Å². The van der Waals surface area contributed by atoms with Gasteiger partial charge in [0.2, 0.25) is 0 Å². The number of aromatic nitrogens is 1. The standard InChI is InChI=1S/C15H27N3O/c1-5-18(8-9-19-4)15-7-6-14(12-17-15)11-16-10-13(2)3/h6-7,12-13,16H,5,8-11H2,1-4H3. The summed E-state index contributed by atoms with van der Waals surface area (Å²) in [7, 11) is 1.73. The predicted octanol–water partition coefficient (Wildman–Crippen LogP) is 2.30. The smallest absolute Gasteiger partial charge is 0.128 e. The molecule has 0 fully saturated rings. The van der Waals surface area contributed by atoms with Crippen LogP contribution in [0.5, 0.6) is 0 Å². The SMILES string of the molecule is CCN(CCOC)c1ccc(CNCC(C)C)cn1. The van der Waals surface area contributed by atoms with Crippen molar-refractivity contribution in [2.45, 2.75) is 27.3 Å². The molecule has 4 heteroatoms. The molecule has 1 rings (SSSR count). The lowest BCUT2D eigenvalue weighted by Crippen LogP contribution is -2.27. The molecule has 0 saturated carbocycles. The minimum atomic E-state index is 0.678. The Kier molecular flexibility index (Phi) is 7.45. The van der Waals surface area contributed by atoms with E-state index < -0.39 is 0 Å². The van der Waals surface area contributed by atoms with Gasteiger partial charge in [0.25, 0.3) is 0 Å². The maximum absolute atomic E-state index is 5.12. The lowest BCUT2D eigenvalue weighted by molar-refractivity contribution is 0.205. The Bertz CT molecular complexity index is 338. The number of likely N-dealkylation sites (N-methyl/N-ethyl adjacent to an activating group) is 1. The van der Waals surface area contributed by atoms with Crippen molar-refractivity contribution in [3.05, 3.63) is 23.9 Å². The third-order valence-electron chi connectivity index (χ3n) is 2.96. The van der Waals surface area contributed by atoms with Crippen molar-refractivity contribution in [3.8, 4) is 0 Å². The molecule has 0 spiro atoms. The first-order valence-corrected chi connectivity index (χ1v) is 7.06. The Morgan fingerprint density at radius 2 is 2.16 bits per heavy atom.